The minimum absolute atomic E-state index is 0.180. The smallest absolute Gasteiger partial charge is 0.337 e. The molecule has 0 saturated heterocycles. The van der Waals surface area contributed by atoms with Crippen molar-refractivity contribution in [1.82, 2.24) is 9.88 Å². The summed E-state index contributed by atoms with van der Waals surface area (Å²) in [5.74, 6) is -0.566. The molecule has 8 heteroatoms. The lowest BCUT2D eigenvalue weighted by Gasteiger charge is -2.31. The number of ether oxygens (including phenoxy) is 1. The van der Waals surface area contributed by atoms with E-state index < -0.39 is 0 Å². The highest BCUT2D eigenvalue weighted by atomic mass is 16.5. The van der Waals surface area contributed by atoms with Crippen molar-refractivity contribution in [2.45, 2.75) is 44.7 Å². The zero-order chi connectivity index (χ0) is 24.1. The Bertz CT molecular complexity index is 1090. The Labute approximate surface area is 200 Å². The fraction of sp³-hybridized carbons (Fsp3) is 0.423. The maximum absolute atomic E-state index is 13.2. The Morgan fingerprint density at radius 3 is 2.71 bits per heavy atom. The zero-order valence-electron chi connectivity index (χ0n) is 20.1. The first-order valence-corrected chi connectivity index (χ1v) is 11.8. The molecule has 0 bridgehead atoms. The molecule has 1 fully saturated rings. The number of pyridine rings is 1. The van der Waals surface area contributed by atoms with Crippen LogP contribution in [0.5, 0.6) is 0 Å². The molecule has 1 aromatic heterocycles. The molecule has 0 radical (unpaired) electrons. The Morgan fingerprint density at radius 2 is 1.97 bits per heavy atom. The second-order valence-corrected chi connectivity index (χ2v) is 8.95. The van der Waals surface area contributed by atoms with Gasteiger partial charge in [0, 0.05) is 49.2 Å². The number of rotatable bonds is 7. The van der Waals surface area contributed by atoms with Crippen LogP contribution in [0.2, 0.25) is 0 Å². The molecule has 1 aliphatic heterocycles. The molecule has 2 heterocycles. The van der Waals surface area contributed by atoms with E-state index in [2.05, 4.69) is 32.9 Å². The largest absolute Gasteiger partial charge is 0.465 e. The van der Waals surface area contributed by atoms with Crippen molar-refractivity contribution in [3.8, 4) is 0 Å². The maximum Gasteiger partial charge on any atom is 0.337 e. The second kappa shape index (κ2) is 10.7. The molecule has 180 valence electrons. The van der Waals surface area contributed by atoms with Gasteiger partial charge in [0.2, 0.25) is 0 Å². The quantitative estimate of drug-likeness (QED) is 0.532. The summed E-state index contributed by atoms with van der Waals surface area (Å²) in [6.45, 7) is 1.05. The summed E-state index contributed by atoms with van der Waals surface area (Å²) in [6, 6.07) is 5.82. The van der Waals surface area contributed by atoms with Gasteiger partial charge in [-0.15, -0.1) is 0 Å². The van der Waals surface area contributed by atoms with Crippen LogP contribution in [0.3, 0.4) is 0 Å². The zero-order valence-corrected chi connectivity index (χ0v) is 20.1. The van der Waals surface area contributed by atoms with Crippen LogP contribution in [0.4, 0.5) is 17.1 Å². The Morgan fingerprint density at radius 1 is 1.18 bits per heavy atom. The number of aromatic nitrogens is 1. The third kappa shape index (κ3) is 5.22. The SMILES string of the molecule is CNc1cncc2c1NCC(C(=O)Nc1ccc(C(=O)OC)cc1CN(C)C1CCCCC1)=C2. The van der Waals surface area contributed by atoms with E-state index >= 15 is 0 Å². The number of carbonyl (C=O) groups excluding carboxylic acids is 2. The van der Waals surface area contributed by atoms with Crippen LogP contribution in [0, 0.1) is 0 Å². The van der Waals surface area contributed by atoms with E-state index in [1.165, 1.54) is 39.2 Å². The van der Waals surface area contributed by atoms with Crippen molar-refractivity contribution in [3.05, 3.63) is 52.9 Å². The summed E-state index contributed by atoms with van der Waals surface area (Å²) < 4.78 is 4.91. The fourth-order valence-corrected chi connectivity index (χ4v) is 4.75. The lowest BCUT2D eigenvalue weighted by Crippen LogP contribution is -2.33. The number of carbonyl (C=O) groups is 2. The van der Waals surface area contributed by atoms with Crippen LogP contribution >= 0.6 is 0 Å². The molecule has 0 atom stereocenters. The molecule has 8 nitrogen and oxygen atoms in total. The van der Waals surface area contributed by atoms with E-state index in [1.807, 2.05) is 19.2 Å². The van der Waals surface area contributed by atoms with Gasteiger partial charge < -0.3 is 20.7 Å². The minimum Gasteiger partial charge on any atom is -0.465 e. The fourth-order valence-electron chi connectivity index (χ4n) is 4.75. The van der Waals surface area contributed by atoms with Crippen LogP contribution in [0.15, 0.2) is 36.2 Å². The lowest BCUT2D eigenvalue weighted by molar-refractivity contribution is -0.112. The average molecular weight is 464 g/mol. The molecule has 2 aliphatic rings. The van der Waals surface area contributed by atoms with Crippen LogP contribution in [0.1, 0.15) is 53.6 Å². The summed E-state index contributed by atoms with van der Waals surface area (Å²) >= 11 is 0. The normalized spacial score (nSPS) is 15.7. The van der Waals surface area contributed by atoms with Crippen LogP contribution < -0.4 is 16.0 Å². The van der Waals surface area contributed by atoms with Crippen LogP contribution in [-0.4, -0.2) is 55.6 Å². The monoisotopic (exact) mass is 463 g/mol. The number of hydrogen-bond donors (Lipinski definition) is 3. The number of hydrogen-bond acceptors (Lipinski definition) is 7. The Balaban J connectivity index is 1.57. The number of benzene rings is 1. The molecule has 0 unspecified atom stereocenters. The van der Waals surface area contributed by atoms with Gasteiger partial charge in [0.15, 0.2) is 0 Å². The molecule has 4 rings (SSSR count). The molecular weight excluding hydrogens is 430 g/mol. The van der Waals surface area contributed by atoms with E-state index in [0.717, 1.165) is 22.5 Å². The van der Waals surface area contributed by atoms with Gasteiger partial charge >= 0.3 is 5.97 Å². The van der Waals surface area contributed by atoms with E-state index in [9.17, 15) is 9.59 Å². The van der Waals surface area contributed by atoms with E-state index in [1.54, 1.807) is 24.5 Å². The lowest BCUT2D eigenvalue weighted by atomic mass is 9.94. The maximum atomic E-state index is 13.2. The van der Waals surface area contributed by atoms with E-state index in [4.69, 9.17) is 4.74 Å². The molecule has 34 heavy (non-hydrogen) atoms. The summed E-state index contributed by atoms with van der Waals surface area (Å²) in [5, 5.41) is 9.50. The number of fused-ring (bicyclic) bond motifs is 1. The molecular formula is C26H33N5O3. The average Bonchev–Trinajstić information content (AvgIpc) is 2.88. The summed E-state index contributed by atoms with van der Waals surface area (Å²) in [6.07, 6.45) is 11.5. The standard InChI is InChI=1S/C26H33N5O3/c1-27-23-15-28-13-18-12-19(14-29-24(18)23)25(32)30-22-10-9-17(26(33)34-3)11-20(22)16-31(2)21-7-5-4-6-8-21/h9-13,15,21,27,29H,4-8,14,16H2,1-3H3,(H,30,32). The topological polar surface area (TPSA) is 95.6 Å². The number of nitrogens with zero attached hydrogens (tertiary/aromatic N) is 2. The molecule has 3 N–H and O–H groups in total. The van der Waals surface area contributed by atoms with E-state index in [-0.39, 0.29) is 11.9 Å². The number of esters is 1. The number of nitrogens with one attached hydrogen (secondary N) is 3. The second-order valence-electron chi connectivity index (χ2n) is 8.95. The molecule has 0 spiro atoms. The molecule has 1 aliphatic carbocycles. The van der Waals surface area contributed by atoms with Gasteiger partial charge in [-0.05, 0) is 49.7 Å². The predicted octanol–water partition coefficient (Wildman–Crippen LogP) is 4.12. The van der Waals surface area contributed by atoms with Crippen molar-refractivity contribution in [2.75, 3.05) is 43.7 Å². The van der Waals surface area contributed by atoms with Gasteiger partial charge in [-0.1, -0.05) is 19.3 Å². The van der Waals surface area contributed by atoms with Crippen molar-refractivity contribution >= 4 is 35.0 Å². The van der Waals surface area contributed by atoms with E-state index in [0.29, 0.717) is 36.0 Å². The van der Waals surface area contributed by atoms with Crippen LogP contribution in [0.25, 0.3) is 6.08 Å². The van der Waals surface area contributed by atoms with Gasteiger partial charge in [-0.2, -0.15) is 0 Å². The number of amides is 1. The Hall–Kier alpha value is -3.39. The van der Waals surface area contributed by atoms with Crippen molar-refractivity contribution < 1.29 is 14.3 Å². The molecule has 2 aromatic rings. The minimum atomic E-state index is -0.386. The predicted molar refractivity (Wildman–Crippen MR) is 135 cm³/mol. The first kappa shape index (κ1) is 23.8. The molecule has 1 aromatic carbocycles. The summed E-state index contributed by atoms with van der Waals surface area (Å²) in [7, 11) is 5.33. The first-order valence-electron chi connectivity index (χ1n) is 11.8. The number of methoxy groups -OCH3 is 1. The summed E-state index contributed by atoms with van der Waals surface area (Å²) in [5.41, 5.74) is 5.38. The number of anilines is 3. The molecule has 1 saturated carbocycles. The van der Waals surface area contributed by atoms with Gasteiger partial charge in [-0.25, -0.2) is 4.79 Å². The first-order chi connectivity index (χ1) is 16.5. The summed E-state index contributed by atoms with van der Waals surface area (Å²) in [4.78, 5) is 31.9. The van der Waals surface area contributed by atoms with Crippen molar-refractivity contribution in [2.24, 2.45) is 0 Å². The highest BCUT2D eigenvalue weighted by Gasteiger charge is 2.22. The molecule has 1 amide bonds. The third-order valence-electron chi connectivity index (χ3n) is 6.71. The van der Waals surface area contributed by atoms with Gasteiger partial charge in [0.1, 0.15) is 0 Å². The van der Waals surface area contributed by atoms with Crippen molar-refractivity contribution in [3.63, 3.8) is 0 Å². The van der Waals surface area contributed by atoms with Gasteiger partial charge in [-0.3, -0.25) is 14.7 Å². The highest BCUT2D eigenvalue weighted by Crippen LogP contribution is 2.31. The van der Waals surface area contributed by atoms with Crippen LogP contribution in [-0.2, 0) is 16.1 Å². The third-order valence-corrected chi connectivity index (χ3v) is 6.71. The van der Waals surface area contributed by atoms with Gasteiger partial charge in [0.25, 0.3) is 5.91 Å². The van der Waals surface area contributed by atoms with Crippen molar-refractivity contribution in [1.29, 1.82) is 0 Å². The Kier molecular flexibility index (Phi) is 7.47. The highest BCUT2D eigenvalue weighted by molar-refractivity contribution is 6.09. The van der Waals surface area contributed by atoms with Gasteiger partial charge in [0.05, 0.1) is 30.2 Å².